The second kappa shape index (κ2) is 4.23. The van der Waals surface area contributed by atoms with E-state index in [1.54, 1.807) is 0 Å². The molecule has 2 nitrogen and oxygen atoms in total. The molecule has 1 aliphatic rings. The van der Waals surface area contributed by atoms with E-state index >= 15 is 0 Å². The lowest BCUT2D eigenvalue weighted by atomic mass is 10.0. The number of hydrogen-bond donors (Lipinski definition) is 1. The van der Waals surface area contributed by atoms with Gasteiger partial charge in [0.25, 0.3) is 0 Å². The molecule has 15 heavy (non-hydrogen) atoms. The lowest BCUT2D eigenvalue weighted by Crippen LogP contribution is -2.05. The van der Waals surface area contributed by atoms with E-state index < -0.39 is 0 Å². The Morgan fingerprint density at radius 3 is 3.00 bits per heavy atom. The van der Waals surface area contributed by atoms with Crippen molar-refractivity contribution in [3.63, 3.8) is 0 Å². The first kappa shape index (κ1) is 10.5. The molecule has 0 saturated carbocycles. The molecule has 82 valence electrons. The molecule has 1 aromatic carbocycles. The zero-order valence-electron chi connectivity index (χ0n) is 9.55. The molecule has 1 aromatic rings. The summed E-state index contributed by atoms with van der Waals surface area (Å²) in [5.41, 5.74) is 9.56. The smallest absolute Gasteiger partial charge is 0.125 e. The molecule has 0 fully saturated rings. The summed E-state index contributed by atoms with van der Waals surface area (Å²) >= 11 is 0. The Morgan fingerprint density at radius 2 is 2.27 bits per heavy atom. The summed E-state index contributed by atoms with van der Waals surface area (Å²) in [5.74, 6) is 1.11. The van der Waals surface area contributed by atoms with Gasteiger partial charge in [0.05, 0.1) is 0 Å². The van der Waals surface area contributed by atoms with Gasteiger partial charge in [-0.05, 0) is 49.9 Å². The number of aryl methyl sites for hydroxylation is 2. The molecule has 0 aliphatic carbocycles. The molecule has 0 amide bonds. The first-order chi connectivity index (χ1) is 7.20. The fraction of sp³-hybridized carbons (Fsp3) is 0.538. The van der Waals surface area contributed by atoms with Crippen LogP contribution < -0.4 is 10.5 Å². The summed E-state index contributed by atoms with van der Waals surface area (Å²) in [6.07, 6.45) is 3.53. The van der Waals surface area contributed by atoms with Crippen molar-refractivity contribution in [2.24, 2.45) is 5.73 Å². The van der Waals surface area contributed by atoms with Crippen molar-refractivity contribution in [1.82, 2.24) is 0 Å². The first-order valence-electron chi connectivity index (χ1n) is 5.70. The van der Waals surface area contributed by atoms with Crippen molar-refractivity contribution in [1.29, 1.82) is 0 Å². The number of benzene rings is 1. The molecular weight excluding hydrogens is 186 g/mol. The third-order valence-corrected chi connectivity index (χ3v) is 2.91. The van der Waals surface area contributed by atoms with Gasteiger partial charge in [0.2, 0.25) is 0 Å². The normalized spacial score (nSPS) is 18.7. The average Bonchev–Trinajstić information content (AvgIpc) is 2.56. The van der Waals surface area contributed by atoms with Crippen LogP contribution in [0.4, 0.5) is 0 Å². The van der Waals surface area contributed by atoms with Crippen LogP contribution in [0.3, 0.4) is 0 Å². The standard InChI is InChI=1S/C13H19NO/c1-9-6-11(4-3-5-14)8-12-7-10(2)15-13(9)12/h6,8,10H,3-5,7,14H2,1-2H3. The van der Waals surface area contributed by atoms with Gasteiger partial charge >= 0.3 is 0 Å². The number of fused-ring (bicyclic) bond motifs is 1. The van der Waals surface area contributed by atoms with Crippen LogP contribution in [0, 0.1) is 6.92 Å². The lowest BCUT2D eigenvalue weighted by Gasteiger charge is -2.08. The van der Waals surface area contributed by atoms with Crippen LogP contribution in [0.25, 0.3) is 0 Å². The predicted octanol–water partition coefficient (Wildman–Crippen LogP) is 2.21. The van der Waals surface area contributed by atoms with Crippen LogP contribution in [-0.4, -0.2) is 12.6 Å². The van der Waals surface area contributed by atoms with Crippen LogP contribution in [-0.2, 0) is 12.8 Å². The summed E-state index contributed by atoms with van der Waals surface area (Å²) in [5, 5.41) is 0. The molecule has 1 aliphatic heterocycles. The van der Waals surface area contributed by atoms with Crippen LogP contribution in [0.2, 0.25) is 0 Å². The average molecular weight is 205 g/mol. The highest BCUT2D eigenvalue weighted by atomic mass is 16.5. The minimum absolute atomic E-state index is 0.337. The number of nitrogens with two attached hydrogens (primary N) is 1. The van der Waals surface area contributed by atoms with Gasteiger partial charge < -0.3 is 10.5 Å². The molecule has 1 unspecified atom stereocenters. The van der Waals surface area contributed by atoms with E-state index in [9.17, 15) is 0 Å². The maximum atomic E-state index is 5.77. The minimum Gasteiger partial charge on any atom is -0.490 e. The molecular formula is C13H19NO. The Labute approximate surface area is 91.4 Å². The quantitative estimate of drug-likeness (QED) is 0.821. The van der Waals surface area contributed by atoms with E-state index in [0.717, 1.165) is 31.6 Å². The van der Waals surface area contributed by atoms with Crippen molar-refractivity contribution >= 4 is 0 Å². The molecule has 2 N–H and O–H groups in total. The van der Waals surface area contributed by atoms with Crippen molar-refractivity contribution in [2.45, 2.75) is 39.2 Å². The van der Waals surface area contributed by atoms with Crippen molar-refractivity contribution in [3.8, 4) is 5.75 Å². The van der Waals surface area contributed by atoms with E-state index in [2.05, 4.69) is 26.0 Å². The predicted molar refractivity (Wildman–Crippen MR) is 62.3 cm³/mol. The summed E-state index contributed by atoms with van der Waals surface area (Å²) in [7, 11) is 0. The molecule has 0 radical (unpaired) electrons. The zero-order chi connectivity index (χ0) is 10.8. The first-order valence-corrected chi connectivity index (χ1v) is 5.70. The monoisotopic (exact) mass is 205 g/mol. The SMILES string of the molecule is Cc1cc(CCCN)cc2c1OC(C)C2. The molecule has 0 spiro atoms. The topological polar surface area (TPSA) is 35.2 Å². The number of rotatable bonds is 3. The van der Waals surface area contributed by atoms with Gasteiger partial charge in [-0.3, -0.25) is 0 Å². The Morgan fingerprint density at radius 1 is 1.47 bits per heavy atom. The molecule has 0 aromatic heterocycles. The van der Waals surface area contributed by atoms with E-state index in [-0.39, 0.29) is 0 Å². The molecule has 2 heteroatoms. The van der Waals surface area contributed by atoms with Gasteiger partial charge in [0.15, 0.2) is 0 Å². The Bertz CT molecular complexity index is 360. The zero-order valence-corrected chi connectivity index (χ0v) is 9.55. The van der Waals surface area contributed by atoms with Crippen LogP contribution >= 0.6 is 0 Å². The van der Waals surface area contributed by atoms with E-state index in [1.165, 1.54) is 16.7 Å². The lowest BCUT2D eigenvalue weighted by molar-refractivity contribution is 0.253. The summed E-state index contributed by atoms with van der Waals surface area (Å²) in [6, 6.07) is 4.51. The Balaban J connectivity index is 2.23. The summed E-state index contributed by atoms with van der Waals surface area (Å²) in [6.45, 7) is 5.02. The van der Waals surface area contributed by atoms with Gasteiger partial charge in [-0.15, -0.1) is 0 Å². The van der Waals surface area contributed by atoms with Crippen molar-refractivity contribution in [2.75, 3.05) is 6.54 Å². The molecule has 0 bridgehead atoms. The Kier molecular flexibility index (Phi) is 2.96. The molecule has 1 heterocycles. The largest absolute Gasteiger partial charge is 0.490 e. The van der Waals surface area contributed by atoms with E-state index in [0.29, 0.717) is 6.10 Å². The number of ether oxygens (including phenoxy) is 1. The van der Waals surface area contributed by atoms with Gasteiger partial charge in [-0.2, -0.15) is 0 Å². The molecule has 2 rings (SSSR count). The molecule has 0 saturated heterocycles. The van der Waals surface area contributed by atoms with Gasteiger partial charge in [-0.25, -0.2) is 0 Å². The summed E-state index contributed by atoms with van der Waals surface area (Å²) in [4.78, 5) is 0. The molecule has 1 atom stereocenters. The highest BCUT2D eigenvalue weighted by molar-refractivity contribution is 5.46. The van der Waals surface area contributed by atoms with Crippen LogP contribution in [0.15, 0.2) is 12.1 Å². The van der Waals surface area contributed by atoms with Gasteiger partial charge in [0.1, 0.15) is 11.9 Å². The van der Waals surface area contributed by atoms with Crippen molar-refractivity contribution < 1.29 is 4.74 Å². The second-order valence-corrected chi connectivity index (χ2v) is 4.43. The highest BCUT2D eigenvalue weighted by Crippen LogP contribution is 2.33. The maximum absolute atomic E-state index is 5.77. The third kappa shape index (κ3) is 2.15. The van der Waals surface area contributed by atoms with Gasteiger partial charge in [-0.1, -0.05) is 12.1 Å². The highest BCUT2D eigenvalue weighted by Gasteiger charge is 2.21. The Hall–Kier alpha value is -1.02. The van der Waals surface area contributed by atoms with Crippen molar-refractivity contribution in [3.05, 3.63) is 28.8 Å². The third-order valence-electron chi connectivity index (χ3n) is 2.91. The fourth-order valence-corrected chi connectivity index (χ4v) is 2.25. The maximum Gasteiger partial charge on any atom is 0.125 e. The van der Waals surface area contributed by atoms with Crippen LogP contribution in [0.1, 0.15) is 30.0 Å². The number of hydrogen-bond acceptors (Lipinski definition) is 2. The fourth-order valence-electron chi connectivity index (χ4n) is 2.25. The second-order valence-electron chi connectivity index (χ2n) is 4.43. The minimum atomic E-state index is 0.337. The van der Waals surface area contributed by atoms with E-state index in [4.69, 9.17) is 10.5 Å². The van der Waals surface area contributed by atoms with Gasteiger partial charge in [0, 0.05) is 6.42 Å². The van der Waals surface area contributed by atoms with Crippen LogP contribution in [0.5, 0.6) is 5.75 Å². The van der Waals surface area contributed by atoms with E-state index in [1.807, 2.05) is 0 Å². The summed E-state index contributed by atoms with van der Waals surface area (Å²) < 4.78 is 5.77.